The van der Waals surface area contributed by atoms with Gasteiger partial charge in [-0.25, -0.2) is 0 Å². The quantitative estimate of drug-likeness (QED) is 0.601. The van der Waals surface area contributed by atoms with Crippen molar-refractivity contribution in [1.82, 2.24) is 0 Å². The Bertz CT molecular complexity index is 829. The first-order valence-electron chi connectivity index (χ1n) is 6.36. The van der Waals surface area contributed by atoms with Crippen molar-refractivity contribution in [3.8, 4) is 0 Å². The van der Waals surface area contributed by atoms with Gasteiger partial charge in [-0.3, -0.25) is 0 Å². The van der Waals surface area contributed by atoms with E-state index in [9.17, 15) is 0 Å². The van der Waals surface area contributed by atoms with Crippen LogP contribution in [-0.2, 0) is 0 Å². The Morgan fingerprint density at radius 1 is 1.14 bits per heavy atom. The lowest BCUT2D eigenvalue weighted by molar-refractivity contribution is 0.521. The predicted molar refractivity (Wildman–Crippen MR) is 91.1 cm³/mol. The van der Waals surface area contributed by atoms with Crippen LogP contribution < -0.4 is 5.73 Å². The molecule has 5 heteroatoms. The molecule has 1 unspecified atom stereocenters. The highest BCUT2D eigenvalue weighted by Gasteiger charge is 2.20. The Kier molecular flexibility index (Phi) is 4.02. The summed E-state index contributed by atoms with van der Waals surface area (Å²) in [5, 5.41) is 2.17. The highest BCUT2D eigenvalue weighted by Crippen LogP contribution is 2.35. The minimum Gasteiger partial charge on any atom is -0.459 e. The van der Waals surface area contributed by atoms with Gasteiger partial charge in [0, 0.05) is 25.5 Å². The summed E-state index contributed by atoms with van der Waals surface area (Å²) < 4.78 is 6.90. The van der Waals surface area contributed by atoms with E-state index in [1.165, 1.54) is 0 Å². The van der Waals surface area contributed by atoms with Crippen molar-refractivity contribution < 1.29 is 4.42 Å². The van der Waals surface area contributed by atoms with Crippen molar-refractivity contribution in [2.45, 2.75) is 13.0 Å². The molecule has 1 aromatic heterocycles. The van der Waals surface area contributed by atoms with Gasteiger partial charge < -0.3 is 10.2 Å². The van der Waals surface area contributed by atoms with Gasteiger partial charge in [0.15, 0.2) is 0 Å². The highest BCUT2D eigenvalue weighted by atomic mass is 79.9. The summed E-state index contributed by atoms with van der Waals surface area (Å²) in [5.41, 5.74) is 8.96. The van der Waals surface area contributed by atoms with E-state index in [1.54, 1.807) is 12.1 Å². The van der Waals surface area contributed by atoms with Gasteiger partial charge in [0.05, 0.1) is 6.04 Å². The summed E-state index contributed by atoms with van der Waals surface area (Å²) in [6, 6.07) is 10.8. The minimum atomic E-state index is -0.430. The average Bonchev–Trinajstić information content (AvgIpc) is 2.75. The molecule has 108 valence electrons. The molecule has 0 aliphatic heterocycles. The second-order valence-corrected chi connectivity index (χ2v) is 6.63. The molecule has 2 N–H and O–H groups in total. The third-order valence-electron chi connectivity index (χ3n) is 3.52. The molecule has 3 aromatic rings. The Hall–Kier alpha value is -1.000. The van der Waals surface area contributed by atoms with E-state index in [2.05, 4.69) is 15.9 Å². The lowest BCUT2D eigenvalue weighted by Gasteiger charge is -2.12. The molecule has 0 aliphatic rings. The van der Waals surface area contributed by atoms with Gasteiger partial charge in [-0.05, 0) is 42.8 Å². The summed E-state index contributed by atoms with van der Waals surface area (Å²) in [5.74, 6) is 0.715. The van der Waals surface area contributed by atoms with Crippen LogP contribution in [0.5, 0.6) is 0 Å². The van der Waals surface area contributed by atoms with Gasteiger partial charge in [0.25, 0.3) is 0 Å². The van der Waals surface area contributed by atoms with Crippen molar-refractivity contribution in [3.05, 3.63) is 67.8 Å². The van der Waals surface area contributed by atoms with Gasteiger partial charge in [-0.15, -0.1) is 0 Å². The molecular formula is C16H12BrCl2NO. The topological polar surface area (TPSA) is 39.2 Å². The molecule has 0 saturated heterocycles. The molecule has 0 aliphatic carbocycles. The van der Waals surface area contributed by atoms with E-state index < -0.39 is 6.04 Å². The summed E-state index contributed by atoms with van der Waals surface area (Å²) >= 11 is 15.6. The minimum absolute atomic E-state index is 0.430. The fourth-order valence-corrected chi connectivity index (χ4v) is 3.28. The monoisotopic (exact) mass is 383 g/mol. The van der Waals surface area contributed by atoms with E-state index in [0.717, 1.165) is 26.6 Å². The maximum atomic E-state index is 6.34. The first kappa shape index (κ1) is 14.9. The molecule has 1 heterocycles. The van der Waals surface area contributed by atoms with Crippen molar-refractivity contribution in [3.63, 3.8) is 0 Å². The van der Waals surface area contributed by atoms with Crippen LogP contribution in [0, 0.1) is 6.92 Å². The van der Waals surface area contributed by atoms with E-state index in [-0.39, 0.29) is 0 Å². The smallest absolute Gasteiger partial charge is 0.135 e. The van der Waals surface area contributed by atoms with Gasteiger partial charge >= 0.3 is 0 Å². The lowest BCUT2D eigenvalue weighted by Crippen LogP contribution is -2.12. The Balaban J connectivity index is 2.13. The van der Waals surface area contributed by atoms with Crippen LogP contribution in [0.4, 0.5) is 0 Å². The van der Waals surface area contributed by atoms with Gasteiger partial charge in [-0.1, -0.05) is 45.2 Å². The molecule has 0 amide bonds. The van der Waals surface area contributed by atoms with Gasteiger partial charge in [-0.2, -0.15) is 0 Å². The molecule has 21 heavy (non-hydrogen) atoms. The van der Waals surface area contributed by atoms with Crippen molar-refractivity contribution >= 4 is 50.1 Å². The van der Waals surface area contributed by atoms with Crippen molar-refractivity contribution in [2.75, 3.05) is 0 Å². The summed E-state index contributed by atoms with van der Waals surface area (Å²) in [6.45, 7) is 2.00. The number of hydrogen-bond donors (Lipinski definition) is 1. The number of aryl methyl sites for hydroxylation is 1. The number of furan rings is 1. The maximum Gasteiger partial charge on any atom is 0.135 e. The SMILES string of the molecule is Cc1c(C(N)c2ccc(Cl)cc2Cl)oc2cc(Br)ccc12. The summed E-state index contributed by atoms with van der Waals surface area (Å²) in [7, 11) is 0. The van der Waals surface area contributed by atoms with Crippen LogP contribution in [0.15, 0.2) is 45.3 Å². The Labute approximate surface area is 141 Å². The van der Waals surface area contributed by atoms with Crippen LogP contribution in [0.25, 0.3) is 11.0 Å². The molecule has 3 rings (SSSR count). The zero-order chi connectivity index (χ0) is 15.1. The third kappa shape index (κ3) is 2.71. The summed E-state index contributed by atoms with van der Waals surface area (Å²) in [4.78, 5) is 0. The first-order valence-corrected chi connectivity index (χ1v) is 7.91. The average molecular weight is 385 g/mol. The number of halogens is 3. The summed E-state index contributed by atoms with van der Waals surface area (Å²) in [6.07, 6.45) is 0. The standard InChI is InChI=1S/C16H12BrCl2NO/c1-8-11-4-2-9(17)6-14(11)21-16(8)15(20)12-5-3-10(18)7-13(12)19/h2-7,15H,20H2,1H3. The van der Waals surface area contributed by atoms with E-state index in [1.807, 2.05) is 31.2 Å². The third-order valence-corrected chi connectivity index (χ3v) is 4.57. The fraction of sp³-hybridized carbons (Fsp3) is 0.125. The van der Waals surface area contributed by atoms with Crippen molar-refractivity contribution in [2.24, 2.45) is 5.73 Å². The number of fused-ring (bicyclic) bond motifs is 1. The zero-order valence-corrected chi connectivity index (χ0v) is 14.3. The van der Waals surface area contributed by atoms with E-state index >= 15 is 0 Å². The van der Waals surface area contributed by atoms with Gasteiger partial charge in [0.1, 0.15) is 11.3 Å². The predicted octanol–water partition coefficient (Wildman–Crippen LogP) is 5.86. The van der Waals surface area contributed by atoms with Gasteiger partial charge in [0.2, 0.25) is 0 Å². The molecule has 0 fully saturated rings. The lowest BCUT2D eigenvalue weighted by atomic mass is 10.0. The Morgan fingerprint density at radius 2 is 1.90 bits per heavy atom. The molecule has 1 atom stereocenters. The Morgan fingerprint density at radius 3 is 2.62 bits per heavy atom. The zero-order valence-electron chi connectivity index (χ0n) is 11.2. The highest BCUT2D eigenvalue weighted by molar-refractivity contribution is 9.10. The molecule has 2 aromatic carbocycles. The van der Waals surface area contributed by atoms with Crippen LogP contribution >= 0.6 is 39.1 Å². The number of nitrogens with two attached hydrogens (primary N) is 1. The second kappa shape index (κ2) is 5.65. The van der Waals surface area contributed by atoms with Crippen molar-refractivity contribution in [1.29, 1.82) is 0 Å². The maximum absolute atomic E-state index is 6.34. The van der Waals surface area contributed by atoms with Crippen LogP contribution in [0.1, 0.15) is 22.9 Å². The second-order valence-electron chi connectivity index (χ2n) is 4.88. The molecule has 0 radical (unpaired) electrons. The van der Waals surface area contributed by atoms with E-state index in [0.29, 0.717) is 15.8 Å². The number of hydrogen-bond acceptors (Lipinski definition) is 2. The fourth-order valence-electron chi connectivity index (χ4n) is 2.41. The van der Waals surface area contributed by atoms with Crippen LogP contribution in [0.3, 0.4) is 0 Å². The normalized spacial score (nSPS) is 12.8. The number of rotatable bonds is 2. The first-order chi connectivity index (χ1) is 9.97. The largest absolute Gasteiger partial charge is 0.459 e. The number of benzene rings is 2. The van der Waals surface area contributed by atoms with Crippen LogP contribution in [0.2, 0.25) is 10.0 Å². The molecule has 0 bridgehead atoms. The molecule has 0 spiro atoms. The molecule has 2 nitrogen and oxygen atoms in total. The molecule has 0 saturated carbocycles. The van der Waals surface area contributed by atoms with Crippen LogP contribution in [-0.4, -0.2) is 0 Å². The molecular weight excluding hydrogens is 373 g/mol. The van der Waals surface area contributed by atoms with E-state index in [4.69, 9.17) is 33.4 Å².